The topological polar surface area (TPSA) is 24.9 Å². The Balaban J connectivity index is 2.07. The van der Waals surface area contributed by atoms with Crippen molar-refractivity contribution in [1.82, 2.24) is 4.98 Å². The summed E-state index contributed by atoms with van der Waals surface area (Å²) in [6, 6.07) is 2.88. The fourth-order valence-electron chi connectivity index (χ4n) is 1.55. The van der Waals surface area contributed by atoms with Crippen LogP contribution in [0.2, 0.25) is 0 Å². The molecule has 2 aromatic heterocycles. The second-order valence-electron chi connectivity index (χ2n) is 3.56. The number of rotatable bonds is 4. The molecule has 0 fully saturated rings. The third-order valence-electron chi connectivity index (χ3n) is 2.44. The average Bonchev–Trinajstić information content (AvgIpc) is 2.75. The molecule has 0 spiro atoms. The number of aryl methyl sites for hydroxylation is 1. The van der Waals surface area contributed by atoms with Gasteiger partial charge in [-0.15, -0.1) is 11.3 Å². The summed E-state index contributed by atoms with van der Waals surface area (Å²) >= 11 is 1.62. The quantitative estimate of drug-likeness (QED) is 0.901. The van der Waals surface area contributed by atoms with E-state index < -0.39 is 11.6 Å². The minimum absolute atomic E-state index is 0.0850. The van der Waals surface area contributed by atoms with Crippen LogP contribution >= 0.6 is 11.3 Å². The van der Waals surface area contributed by atoms with Gasteiger partial charge in [0.1, 0.15) is 5.82 Å². The highest BCUT2D eigenvalue weighted by Crippen LogP contribution is 2.19. The molecule has 2 aromatic rings. The molecule has 90 valence electrons. The van der Waals surface area contributed by atoms with Gasteiger partial charge in [0, 0.05) is 10.9 Å². The fourth-order valence-corrected chi connectivity index (χ4v) is 2.46. The Morgan fingerprint density at radius 2 is 2.24 bits per heavy atom. The van der Waals surface area contributed by atoms with Crippen LogP contribution in [-0.2, 0) is 13.0 Å². The first-order chi connectivity index (χ1) is 8.20. The van der Waals surface area contributed by atoms with E-state index in [0.29, 0.717) is 6.54 Å². The second-order valence-corrected chi connectivity index (χ2v) is 4.56. The zero-order valence-electron chi connectivity index (χ0n) is 9.34. The Kier molecular flexibility index (Phi) is 3.68. The summed E-state index contributed by atoms with van der Waals surface area (Å²) in [6.07, 6.45) is 1.94. The Labute approximate surface area is 102 Å². The van der Waals surface area contributed by atoms with Crippen molar-refractivity contribution in [3.63, 3.8) is 0 Å². The molecule has 2 heterocycles. The molecule has 0 bridgehead atoms. The highest BCUT2D eigenvalue weighted by atomic mass is 32.1. The van der Waals surface area contributed by atoms with E-state index >= 15 is 0 Å². The average molecular weight is 254 g/mol. The molecular weight excluding hydrogens is 242 g/mol. The van der Waals surface area contributed by atoms with Gasteiger partial charge >= 0.3 is 0 Å². The Morgan fingerprint density at radius 3 is 2.94 bits per heavy atom. The second kappa shape index (κ2) is 5.23. The number of hydrogen-bond donors (Lipinski definition) is 1. The van der Waals surface area contributed by atoms with E-state index in [9.17, 15) is 8.78 Å². The zero-order valence-corrected chi connectivity index (χ0v) is 10.2. The zero-order chi connectivity index (χ0) is 12.3. The number of nitrogens with zero attached hydrogens (tertiary/aromatic N) is 1. The van der Waals surface area contributed by atoms with Gasteiger partial charge < -0.3 is 5.32 Å². The summed E-state index contributed by atoms with van der Waals surface area (Å²) in [6.45, 7) is 2.58. The number of aromatic nitrogens is 1. The van der Waals surface area contributed by atoms with Crippen LogP contribution in [0.1, 0.15) is 17.4 Å². The molecule has 17 heavy (non-hydrogen) atoms. The van der Waals surface area contributed by atoms with Gasteiger partial charge in [-0.25, -0.2) is 13.8 Å². The Bertz CT molecular complexity index is 511. The SMILES string of the molecule is CCc1ccsc1CNc1ncc(F)cc1F. The Morgan fingerprint density at radius 1 is 1.41 bits per heavy atom. The maximum atomic E-state index is 13.3. The molecule has 2 rings (SSSR count). The highest BCUT2D eigenvalue weighted by Gasteiger charge is 2.07. The molecule has 2 nitrogen and oxygen atoms in total. The minimum atomic E-state index is -0.668. The van der Waals surface area contributed by atoms with Crippen molar-refractivity contribution in [1.29, 1.82) is 0 Å². The fraction of sp³-hybridized carbons (Fsp3) is 0.250. The number of thiophene rings is 1. The molecule has 0 radical (unpaired) electrons. The molecule has 5 heteroatoms. The van der Waals surface area contributed by atoms with E-state index in [1.54, 1.807) is 11.3 Å². The van der Waals surface area contributed by atoms with Crippen molar-refractivity contribution in [3.8, 4) is 0 Å². The van der Waals surface area contributed by atoms with Crippen molar-refractivity contribution in [3.05, 3.63) is 45.8 Å². The number of pyridine rings is 1. The van der Waals surface area contributed by atoms with Gasteiger partial charge in [0.05, 0.1) is 12.7 Å². The predicted molar refractivity (Wildman–Crippen MR) is 65.2 cm³/mol. The van der Waals surface area contributed by atoms with E-state index in [4.69, 9.17) is 0 Å². The van der Waals surface area contributed by atoms with Crippen LogP contribution in [0, 0.1) is 11.6 Å². The van der Waals surface area contributed by atoms with Gasteiger partial charge in [0.25, 0.3) is 0 Å². The third kappa shape index (κ3) is 2.79. The summed E-state index contributed by atoms with van der Waals surface area (Å²) in [4.78, 5) is 4.83. The Hall–Kier alpha value is -1.49. The van der Waals surface area contributed by atoms with Crippen molar-refractivity contribution in [2.45, 2.75) is 19.9 Å². The monoisotopic (exact) mass is 254 g/mol. The van der Waals surface area contributed by atoms with Crippen molar-refractivity contribution in [2.75, 3.05) is 5.32 Å². The van der Waals surface area contributed by atoms with Crippen LogP contribution < -0.4 is 5.32 Å². The lowest BCUT2D eigenvalue weighted by Crippen LogP contribution is -2.04. The first-order valence-electron chi connectivity index (χ1n) is 5.31. The molecule has 0 atom stereocenters. The summed E-state index contributed by atoms with van der Waals surface area (Å²) < 4.78 is 26.0. The lowest BCUT2D eigenvalue weighted by Gasteiger charge is -2.06. The molecule has 0 aliphatic carbocycles. The third-order valence-corrected chi connectivity index (χ3v) is 3.41. The smallest absolute Gasteiger partial charge is 0.168 e. The maximum Gasteiger partial charge on any atom is 0.168 e. The lowest BCUT2D eigenvalue weighted by molar-refractivity contribution is 0.575. The number of nitrogens with one attached hydrogen (secondary N) is 1. The summed E-state index contributed by atoms with van der Waals surface area (Å²) in [5.41, 5.74) is 1.24. The normalized spacial score (nSPS) is 10.5. The number of hydrogen-bond acceptors (Lipinski definition) is 3. The van der Waals surface area contributed by atoms with Crippen LogP contribution in [0.5, 0.6) is 0 Å². The largest absolute Gasteiger partial charge is 0.363 e. The van der Waals surface area contributed by atoms with Crippen LogP contribution in [0.15, 0.2) is 23.7 Å². The van der Waals surface area contributed by atoms with E-state index in [2.05, 4.69) is 23.3 Å². The molecule has 0 amide bonds. The number of anilines is 1. The predicted octanol–water partition coefficient (Wildman–Crippen LogP) is 3.60. The molecule has 0 unspecified atom stereocenters. The van der Waals surface area contributed by atoms with Gasteiger partial charge in [-0.1, -0.05) is 6.92 Å². The minimum Gasteiger partial charge on any atom is -0.363 e. The first kappa shape index (κ1) is 12.0. The van der Waals surface area contributed by atoms with Gasteiger partial charge in [-0.2, -0.15) is 0 Å². The van der Waals surface area contributed by atoms with Crippen molar-refractivity contribution in [2.24, 2.45) is 0 Å². The summed E-state index contributed by atoms with van der Waals surface area (Å²) in [5, 5.41) is 4.88. The van der Waals surface area contributed by atoms with Gasteiger partial charge in [-0.05, 0) is 23.4 Å². The maximum absolute atomic E-state index is 13.3. The van der Waals surface area contributed by atoms with Gasteiger partial charge in [-0.3, -0.25) is 0 Å². The highest BCUT2D eigenvalue weighted by molar-refractivity contribution is 7.10. The van der Waals surface area contributed by atoms with Gasteiger partial charge in [0.15, 0.2) is 11.6 Å². The van der Waals surface area contributed by atoms with Crippen LogP contribution in [0.25, 0.3) is 0 Å². The van der Waals surface area contributed by atoms with Crippen LogP contribution in [0.4, 0.5) is 14.6 Å². The molecule has 0 aliphatic heterocycles. The van der Waals surface area contributed by atoms with E-state index in [1.807, 2.05) is 5.38 Å². The summed E-state index contributed by atoms with van der Waals surface area (Å²) in [5.74, 6) is -1.25. The van der Waals surface area contributed by atoms with E-state index in [1.165, 1.54) is 5.56 Å². The molecule has 1 N–H and O–H groups in total. The lowest BCUT2D eigenvalue weighted by atomic mass is 10.2. The molecule has 0 saturated heterocycles. The molecular formula is C12H12F2N2S. The first-order valence-corrected chi connectivity index (χ1v) is 6.19. The number of halogens is 2. The van der Waals surface area contributed by atoms with Gasteiger partial charge in [0.2, 0.25) is 0 Å². The molecule has 0 aliphatic rings. The van der Waals surface area contributed by atoms with Crippen molar-refractivity contribution < 1.29 is 8.78 Å². The van der Waals surface area contributed by atoms with Crippen LogP contribution in [-0.4, -0.2) is 4.98 Å². The molecule has 0 aromatic carbocycles. The van der Waals surface area contributed by atoms with E-state index in [-0.39, 0.29) is 5.82 Å². The standard InChI is InChI=1S/C12H12F2N2S/c1-2-8-3-4-17-11(8)7-16-12-10(14)5-9(13)6-15-12/h3-6H,2,7H2,1H3,(H,15,16). The van der Waals surface area contributed by atoms with Crippen molar-refractivity contribution >= 4 is 17.2 Å². The molecule has 0 saturated carbocycles. The van der Waals surface area contributed by atoms with Crippen LogP contribution in [0.3, 0.4) is 0 Å². The summed E-state index contributed by atoms with van der Waals surface area (Å²) in [7, 11) is 0. The van der Waals surface area contributed by atoms with E-state index in [0.717, 1.165) is 23.6 Å².